The predicted octanol–water partition coefficient (Wildman–Crippen LogP) is 0.370. The Labute approximate surface area is 54.1 Å². The van der Waals surface area contributed by atoms with Gasteiger partial charge >= 0.3 is 0 Å². The van der Waals surface area contributed by atoms with Crippen molar-refractivity contribution in [2.45, 2.75) is 20.3 Å². The molecule has 0 amide bonds. The Bertz CT molecular complexity index is 94.9. The molecule has 9 heavy (non-hydrogen) atoms. The van der Waals surface area contributed by atoms with Crippen LogP contribution in [-0.2, 0) is 14.4 Å². The van der Waals surface area contributed by atoms with E-state index in [1.54, 1.807) is 0 Å². The first kappa shape index (κ1) is 10.9. The third-order valence-electron chi connectivity index (χ3n) is 0.498. The number of ketones is 2. The van der Waals surface area contributed by atoms with Gasteiger partial charge in [-0.25, -0.2) is 0 Å². The summed E-state index contributed by atoms with van der Waals surface area (Å²) in [6.07, 6.45) is 0.0833. The molecule has 0 aromatic heterocycles. The average molecular weight is 130 g/mol. The lowest BCUT2D eigenvalue weighted by molar-refractivity contribution is -0.124. The fourth-order valence-corrected chi connectivity index (χ4v) is 0.351. The van der Waals surface area contributed by atoms with Gasteiger partial charge in [-0.1, -0.05) is 0 Å². The Kier molecular flexibility index (Phi) is 8.49. The first-order chi connectivity index (χ1) is 4.13. The lowest BCUT2D eigenvalue weighted by Gasteiger charge is -1.81. The summed E-state index contributed by atoms with van der Waals surface area (Å²) in [4.78, 5) is 28.1. The van der Waals surface area contributed by atoms with Crippen molar-refractivity contribution in [3.8, 4) is 0 Å². The van der Waals surface area contributed by atoms with Gasteiger partial charge in [-0.15, -0.1) is 0 Å². The van der Waals surface area contributed by atoms with E-state index in [1.165, 1.54) is 13.8 Å². The third kappa shape index (κ3) is 19.4. The molecule has 0 radical (unpaired) electrons. The SMILES string of the molecule is C=O.CC(=O)CC(C)=O. The van der Waals surface area contributed by atoms with Crippen LogP contribution in [0.4, 0.5) is 0 Å². The van der Waals surface area contributed by atoms with E-state index in [9.17, 15) is 9.59 Å². The number of rotatable bonds is 2. The van der Waals surface area contributed by atoms with Crippen molar-refractivity contribution >= 4 is 18.4 Å². The van der Waals surface area contributed by atoms with Gasteiger partial charge in [0.15, 0.2) is 0 Å². The van der Waals surface area contributed by atoms with Crippen molar-refractivity contribution in [1.82, 2.24) is 0 Å². The lowest BCUT2D eigenvalue weighted by atomic mass is 10.2. The molecule has 0 fully saturated rings. The van der Waals surface area contributed by atoms with Gasteiger partial charge < -0.3 is 4.79 Å². The molecular weight excluding hydrogens is 120 g/mol. The second kappa shape index (κ2) is 7.01. The number of carbonyl (C=O) groups is 3. The summed E-state index contributed by atoms with van der Waals surface area (Å²) in [5, 5.41) is 0. The molecule has 0 atom stereocenters. The molecule has 0 heterocycles. The zero-order chi connectivity index (χ0) is 7.86. The highest BCUT2D eigenvalue weighted by Gasteiger charge is 1.94. The Balaban J connectivity index is 0. The Morgan fingerprint density at radius 1 is 1.11 bits per heavy atom. The molecular formula is C6H10O3. The van der Waals surface area contributed by atoms with Crippen LogP contribution in [0.2, 0.25) is 0 Å². The molecule has 0 spiro atoms. The van der Waals surface area contributed by atoms with Gasteiger partial charge in [0.25, 0.3) is 0 Å². The van der Waals surface area contributed by atoms with Crippen molar-refractivity contribution in [3.05, 3.63) is 0 Å². The zero-order valence-corrected chi connectivity index (χ0v) is 5.64. The molecule has 0 bridgehead atoms. The Hall–Kier alpha value is -0.990. The number of hydrogen-bond acceptors (Lipinski definition) is 3. The van der Waals surface area contributed by atoms with Crippen LogP contribution in [0.25, 0.3) is 0 Å². The van der Waals surface area contributed by atoms with Gasteiger partial charge in [-0.05, 0) is 13.8 Å². The average Bonchev–Trinajstić information content (AvgIpc) is 1.68. The maximum absolute atomic E-state index is 10.0. The fourth-order valence-electron chi connectivity index (χ4n) is 0.351. The van der Waals surface area contributed by atoms with E-state index in [-0.39, 0.29) is 18.0 Å². The third-order valence-corrected chi connectivity index (χ3v) is 0.498. The van der Waals surface area contributed by atoms with Gasteiger partial charge in [-0.2, -0.15) is 0 Å². The van der Waals surface area contributed by atoms with E-state index in [1.807, 2.05) is 6.79 Å². The van der Waals surface area contributed by atoms with E-state index < -0.39 is 0 Å². The van der Waals surface area contributed by atoms with Crippen LogP contribution < -0.4 is 0 Å². The summed E-state index contributed by atoms with van der Waals surface area (Å²) >= 11 is 0. The van der Waals surface area contributed by atoms with Gasteiger partial charge in [0.2, 0.25) is 0 Å². The van der Waals surface area contributed by atoms with E-state index in [0.717, 1.165) is 0 Å². The molecule has 52 valence electrons. The summed E-state index contributed by atoms with van der Waals surface area (Å²) in [7, 11) is 0. The van der Waals surface area contributed by atoms with Gasteiger partial charge in [-0.3, -0.25) is 9.59 Å². The molecule has 0 aliphatic heterocycles. The summed E-state index contributed by atoms with van der Waals surface area (Å²) in [6.45, 7) is 4.81. The molecule has 3 nitrogen and oxygen atoms in total. The lowest BCUT2D eigenvalue weighted by Crippen LogP contribution is -1.97. The van der Waals surface area contributed by atoms with Crippen LogP contribution in [0.1, 0.15) is 20.3 Å². The maximum atomic E-state index is 10.0. The molecule has 0 saturated carbocycles. The summed E-state index contributed by atoms with van der Waals surface area (Å²) < 4.78 is 0. The van der Waals surface area contributed by atoms with Gasteiger partial charge in [0, 0.05) is 0 Å². The van der Waals surface area contributed by atoms with E-state index in [4.69, 9.17) is 4.79 Å². The van der Waals surface area contributed by atoms with Crippen LogP contribution >= 0.6 is 0 Å². The van der Waals surface area contributed by atoms with Gasteiger partial charge in [0.1, 0.15) is 18.4 Å². The van der Waals surface area contributed by atoms with Crippen molar-refractivity contribution in [2.24, 2.45) is 0 Å². The van der Waals surface area contributed by atoms with E-state index in [2.05, 4.69) is 0 Å². The first-order valence-electron chi connectivity index (χ1n) is 2.40. The number of carbonyl (C=O) groups excluding carboxylic acids is 3. The summed E-state index contributed by atoms with van der Waals surface area (Å²) in [5.74, 6) is -0.125. The van der Waals surface area contributed by atoms with Crippen molar-refractivity contribution < 1.29 is 14.4 Å². The zero-order valence-electron chi connectivity index (χ0n) is 5.64. The smallest absolute Gasteiger partial charge is 0.137 e. The minimum absolute atomic E-state index is 0.0625. The fraction of sp³-hybridized carbons (Fsp3) is 0.500. The highest BCUT2D eigenvalue weighted by atomic mass is 16.1. The van der Waals surface area contributed by atoms with E-state index >= 15 is 0 Å². The van der Waals surface area contributed by atoms with Crippen LogP contribution in [0.5, 0.6) is 0 Å². The van der Waals surface area contributed by atoms with Crippen LogP contribution in [0, 0.1) is 0 Å². The molecule has 0 N–H and O–H groups in total. The second-order valence-corrected chi connectivity index (χ2v) is 1.58. The molecule has 3 heteroatoms. The summed E-state index contributed by atoms with van der Waals surface area (Å²) in [6, 6.07) is 0. The van der Waals surface area contributed by atoms with Crippen molar-refractivity contribution in [2.75, 3.05) is 0 Å². The van der Waals surface area contributed by atoms with E-state index in [0.29, 0.717) is 0 Å². The second-order valence-electron chi connectivity index (χ2n) is 1.58. The molecule has 0 unspecified atom stereocenters. The largest absolute Gasteiger partial charge is 0.307 e. The minimum Gasteiger partial charge on any atom is -0.307 e. The molecule has 0 aromatic carbocycles. The molecule has 0 rings (SSSR count). The van der Waals surface area contributed by atoms with Gasteiger partial charge in [0.05, 0.1) is 6.42 Å². The normalized spacial score (nSPS) is 6.89. The maximum Gasteiger partial charge on any atom is 0.137 e. The quantitative estimate of drug-likeness (QED) is 0.507. The monoisotopic (exact) mass is 130 g/mol. The minimum atomic E-state index is -0.0625. The van der Waals surface area contributed by atoms with Crippen LogP contribution in [0.3, 0.4) is 0 Å². The number of Topliss-reactive ketones (excluding diaryl/α,β-unsaturated/α-hetero) is 2. The first-order valence-corrected chi connectivity index (χ1v) is 2.40. The highest BCUT2D eigenvalue weighted by molar-refractivity contribution is 5.96. The topological polar surface area (TPSA) is 51.2 Å². The van der Waals surface area contributed by atoms with Crippen molar-refractivity contribution in [1.29, 1.82) is 0 Å². The Morgan fingerprint density at radius 3 is 1.33 bits per heavy atom. The van der Waals surface area contributed by atoms with Crippen LogP contribution in [-0.4, -0.2) is 18.4 Å². The highest BCUT2D eigenvalue weighted by Crippen LogP contribution is 1.80. The summed E-state index contributed by atoms with van der Waals surface area (Å²) in [5.41, 5.74) is 0. The van der Waals surface area contributed by atoms with Crippen LogP contribution in [0.15, 0.2) is 0 Å². The molecule has 0 aliphatic carbocycles. The standard InChI is InChI=1S/C5H8O2.CH2O/c1-4(6)3-5(2)7;1-2/h3H2,1-2H3;1H2. The molecule has 0 aromatic rings. The van der Waals surface area contributed by atoms with Crippen molar-refractivity contribution in [3.63, 3.8) is 0 Å². The molecule has 0 saturated heterocycles. The number of hydrogen-bond donors (Lipinski definition) is 0. The predicted molar refractivity (Wildman–Crippen MR) is 33.1 cm³/mol. The Morgan fingerprint density at radius 2 is 1.33 bits per heavy atom. The molecule has 0 aliphatic rings.